The zero-order valence-electron chi connectivity index (χ0n) is 20.5. The van der Waals surface area contributed by atoms with Gasteiger partial charge in [0.25, 0.3) is 0 Å². The van der Waals surface area contributed by atoms with Gasteiger partial charge in [-0.3, -0.25) is 14.6 Å². The molecule has 7 nitrogen and oxygen atoms in total. The van der Waals surface area contributed by atoms with Gasteiger partial charge >= 0.3 is 5.97 Å². The summed E-state index contributed by atoms with van der Waals surface area (Å²) in [6, 6.07) is 23.1. The van der Waals surface area contributed by atoms with Gasteiger partial charge in [0, 0.05) is 42.6 Å². The van der Waals surface area contributed by atoms with E-state index in [1.54, 1.807) is 6.07 Å². The number of anilines is 1. The van der Waals surface area contributed by atoms with Crippen LogP contribution in [0.1, 0.15) is 27.7 Å². The molecule has 0 unspecified atom stereocenters. The van der Waals surface area contributed by atoms with Crippen LogP contribution < -0.4 is 5.32 Å². The molecule has 2 aliphatic rings. The van der Waals surface area contributed by atoms with Gasteiger partial charge in [0.05, 0.1) is 24.3 Å². The lowest BCUT2D eigenvalue weighted by Crippen LogP contribution is -2.49. The lowest BCUT2D eigenvalue weighted by atomic mass is 10.0. The Hall–Kier alpha value is -3.46. The number of piperazine rings is 1. The van der Waals surface area contributed by atoms with Crippen molar-refractivity contribution in [2.75, 3.05) is 45.2 Å². The number of H-pyrrole nitrogens is 1. The number of amides is 1. The second-order valence-corrected chi connectivity index (χ2v) is 10.3. The predicted octanol–water partition coefficient (Wildman–Crippen LogP) is 5.04. The normalized spacial score (nSPS) is 15.9. The molecule has 37 heavy (non-hydrogen) atoms. The van der Waals surface area contributed by atoms with Gasteiger partial charge in [-0.1, -0.05) is 48.5 Å². The van der Waals surface area contributed by atoms with Crippen LogP contribution in [0.3, 0.4) is 0 Å². The molecule has 6 rings (SSSR count). The van der Waals surface area contributed by atoms with Crippen molar-refractivity contribution in [1.82, 2.24) is 14.8 Å². The maximum Gasteiger partial charge on any atom is 0.355 e. The number of nitrogens with one attached hydrogen (secondary N) is 2. The first kappa shape index (κ1) is 23.9. The molecule has 2 N–H and O–H groups in total. The summed E-state index contributed by atoms with van der Waals surface area (Å²) >= 11 is 3.46. The third-order valence-electron chi connectivity index (χ3n) is 7.37. The first-order chi connectivity index (χ1) is 18.0. The van der Waals surface area contributed by atoms with E-state index in [2.05, 4.69) is 84.6 Å². The molecular formula is C29H27BrN4O3. The summed E-state index contributed by atoms with van der Waals surface area (Å²) in [4.78, 5) is 32.6. The number of carbonyl (C=O) groups is 2. The largest absolute Gasteiger partial charge is 0.464 e. The smallest absolute Gasteiger partial charge is 0.355 e. The Bertz CT molecular complexity index is 1460. The maximum absolute atomic E-state index is 12.9. The molecule has 0 radical (unpaired) electrons. The number of aromatic nitrogens is 1. The van der Waals surface area contributed by atoms with E-state index in [-0.39, 0.29) is 11.9 Å². The Morgan fingerprint density at radius 3 is 2.24 bits per heavy atom. The molecule has 2 heterocycles. The van der Waals surface area contributed by atoms with Crippen LogP contribution in [0.4, 0.5) is 5.69 Å². The molecule has 1 fully saturated rings. The molecule has 3 aromatic carbocycles. The monoisotopic (exact) mass is 558 g/mol. The van der Waals surface area contributed by atoms with Crippen molar-refractivity contribution >= 4 is 44.3 Å². The van der Waals surface area contributed by atoms with Gasteiger partial charge in [-0.25, -0.2) is 4.79 Å². The van der Waals surface area contributed by atoms with Crippen molar-refractivity contribution in [3.8, 4) is 11.1 Å². The van der Waals surface area contributed by atoms with Crippen LogP contribution in [0.5, 0.6) is 0 Å². The second kappa shape index (κ2) is 9.78. The number of carbonyl (C=O) groups excluding carboxylic acids is 2. The number of fused-ring (bicyclic) bond motifs is 4. The number of nitrogens with zero attached hydrogens (tertiary/aromatic N) is 2. The molecule has 188 valence electrons. The van der Waals surface area contributed by atoms with E-state index in [1.807, 2.05) is 12.1 Å². The SMILES string of the molecule is COC(=O)c1[nH]c(Br)c2cc(NC(=O)CN3CCN(C4c5ccccc5-c5ccccc54)CC3)ccc12. The summed E-state index contributed by atoms with van der Waals surface area (Å²) in [5.74, 6) is -0.486. The fourth-order valence-electron chi connectivity index (χ4n) is 5.63. The fraction of sp³-hybridized carbons (Fsp3) is 0.241. The molecule has 1 amide bonds. The minimum Gasteiger partial charge on any atom is -0.464 e. The third kappa shape index (κ3) is 4.35. The highest BCUT2D eigenvalue weighted by Crippen LogP contribution is 2.46. The molecule has 1 aliphatic heterocycles. The van der Waals surface area contributed by atoms with E-state index in [0.29, 0.717) is 22.5 Å². The number of benzene rings is 3. The van der Waals surface area contributed by atoms with Gasteiger partial charge in [0.1, 0.15) is 5.69 Å². The average Bonchev–Trinajstić information content (AvgIpc) is 3.43. The molecule has 0 atom stereocenters. The van der Waals surface area contributed by atoms with Crippen molar-refractivity contribution in [1.29, 1.82) is 0 Å². The van der Waals surface area contributed by atoms with Crippen molar-refractivity contribution in [3.05, 3.63) is 88.2 Å². The Balaban J connectivity index is 1.10. The first-order valence-electron chi connectivity index (χ1n) is 12.4. The molecule has 1 aliphatic carbocycles. The average molecular weight is 559 g/mol. The number of ether oxygens (including phenoxy) is 1. The first-order valence-corrected chi connectivity index (χ1v) is 13.2. The van der Waals surface area contributed by atoms with Crippen LogP contribution in [0.15, 0.2) is 71.3 Å². The van der Waals surface area contributed by atoms with Gasteiger partial charge in [-0.2, -0.15) is 0 Å². The Morgan fingerprint density at radius 2 is 1.59 bits per heavy atom. The summed E-state index contributed by atoms with van der Waals surface area (Å²) < 4.78 is 5.51. The quantitative estimate of drug-likeness (QED) is 0.335. The molecule has 0 saturated carbocycles. The number of halogens is 1. The van der Waals surface area contributed by atoms with Crippen LogP contribution in [0, 0.1) is 0 Å². The molecule has 1 saturated heterocycles. The summed E-state index contributed by atoms with van der Waals surface area (Å²) in [6.07, 6.45) is 0. The van der Waals surface area contributed by atoms with Crippen LogP contribution in [0.2, 0.25) is 0 Å². The molecule has 8 heteroatoms. The number of rotatable bonds is 5. The number of hydrogen-bond acceptors (Lipinski definition) is 5. The molecule has 0 bridgehead atoms. The Kier molecular flexibility index (Phi) is 6.32. The topological polar surface area (TPSA) is 77.7 Å². The van der Waals surface area contributed by atoms with E-state index in [1.165, 1.54) is 29.4 Å². The van der Waals surface area contributed by atoms with Gasteiger partial charge in [-0.15, -0.1) is 0 Å². The maximum atomic E-state index is 12.9. The van der Waals surface area contributed by atoms with Crippen molar-refractivity contribution in [2.24, 2.45) is 0 Å². The highest BCUT2D eigenvalue weighted by Gasteiger charge is 2.34. The number of hydrogen-bond donors (Lipinski definition) is 2. The standard InChI is InChI=1S/C29H27BrN4O3/c1-37-29(36)26-21-11-10-18(16-24(21)28(30)32-26)31-25(35)17-33-12-14-34(15-13-33)27-22-8-4-2-6-19(22)20-7-3-5-9-23(20)27/h2-11,16,27,32H,12-15,17H2,1H3,(H,31,35). The fourth-order valence-corrected chi connectivity index (χ4v) is 6.16. The zero-order chi connectivity index (χ0) is 25.5. The summed E-state index contributed by atoms with van der Waals surface area (Å²) in [5.41, 5.74) is 6.47. The highest BCUT2D eigenvalue weighted by atomic mass is 79.9. The highest BCUT2D eigenvalue weighted by molar-refractivity contribution is 9.10. The van der Waals surface area contributed by atoms with Crippen molar-refractivity contribution in [2.45, 2.75) is 6.04 Å². The Morgan fingerprint density at radius 1 is 0.946 bits per heavy atom. The zero-order valence-corrected chi connectivity index (χ0v) is 22.0. The second-order valence-electron chi connectivity index (χ2n) is 9.50. The van der Waals surface area contributed by atoms with Crippen LogP contribution in [0.25, 0.3) is 21.9 Å². The van der Waals surface area contributed by atoms with E-state index >= 15 is 0 Å². The van der Waals surface area contributed by atoms with Crippen LogP contribution in [-0.4, -0.2) is 66.5 Å². The lowest BCUT2D eigenvalue weighted by Gasteiger charge is -2.38. The lowest BCUT2D eigenvalue weighted by molar-refractivity contribution is -0.117. The van der Waals surface area contributed by atoms with Crippen LogP contribution >= 0.6 is 15.9 Å². The number of aromatic amines is 1. The predicted molar refractivity (Wildman–Crippen MR) is 148 cm³/mol. The summed E-state index contributed by atoms with van der Waals surface area (Å²) in [7, 11) is 1.35. The molecule has 1 aromatic heterocycles. The minimum atomic E-state index is -0.434. The van der Waals surface area contributed by atoms with E-state index in [9.17, 15) is 9.59 Å². The van der Waals surface area contributed by atoms with Crippen molar-refractivity contribution < 1.29 is 14.3 Å². The van der Waals surface area contributed by atoms with Gasteiger partial charge in [0.2, 0.25) is 5.91 Å². The summed E-state index contributed by atoms with van der Waals surface area (Å²) in [5, 5.41) is 4.56. The molecule has 0 spiro atoms. The third-order valence-corrected chi connectivity index (χ3v) is 8.00. The summed E-state index contributed by atoms with van der Waals surface area (Å²) in [6.45, 7) is 3.81. The minimum absolute atomic E-state index is 0.0517. The number of esters is 1. The van der Waals surface area contributed by atoms with Crippen molar-refractivity contribution in [3.63, 3.8) is 0 Å². The van der Waals surface area contributed by atoms with E-state index in [4.69, 9.17) is 4.74 Å². The Labute approximate surface area is 223 Å². The van der Waals surface area contributed by atoms with Gasteiger partial charge in [-0.05, 0) is 56.4 Å². The van der Waals surface area contributed by atoms with Gasteiger partial charge in [0.15, 0.2) is 0 Å². The van der Waals surface area contributed by atoms with Gasteiger partial charge < -0.3 is 15.0 Å². The molecule has 4 aromatic rings. The molecular weight excluding hydrogens is 532 g/mol. The van der Waals surface area contributed by atoms with E-state index in [0.717, 1.165) is 37.0 Å². The van der Waals surface area contributed by atoms with Crippen LogP contribution in [-0.2, 0) is 9.53 Å². The number of methoxy groups -OCH3 is 1. The van der Waals surface area contributed by atoms with E-state index < -0.39 is 5.97 Å².